The molecule has 0 spiro atoms. The van der Waals surface area contributed by atoms with E-state index in [1.165, 1.54) is 0 Å². The summed E-state index contributed by atoms with van der Waals surface area (Å²) in [6.45, 7) is 0. The molecule has 0 bridgehead atoms. The van der Waals surface area contributed by atoms with Crippen LogP contribution in [0.5, 0.6) is 5.75 Å². The first-order valence-corrected chi connectivity index (χ1v) is 4.37. The number of nitro benzene ring substituents is 1. The summed E-state index contributed by atoms with van der Waals surface area (Å²) in [7, 11) is 0. The number of phenols is 1. The Hall–Kier alpha value is -1.82. The average Bonchev–Trinajstić information content (AvgIpc) is 2.20. The molecule has 0 atom stereocenters. The van der Waals surface area contributed by atoms with Gasteiger partial charge in [0.1, 0.15) is 5.56 Å². The number of benzene rings is 1. The quantitative estimate of drug-likeness (QED) is 0.203. The number of ketones is 1. The normalized spacial score (nSPS) is 9.93. The van der Waals surface area contributed by atoms with Gasteiger partial charge in [-0.3, -0.25) is 14.9 Å². The molecule has 3 N–H and O–H groups in total. The van der Waals surface area contributed by atoms with Crippen LogP contribution < -0.4 is 5.73 Å². The molecule has 0 aliphatic heterocycles. The van der Waals surface area contributed by atoms with Crippen LogP contribution in [0.1, 0.15) is 10.4 Å². The molecule has 0 saturated carbocycles. The number of nitrogens with two attached hydrogens (primary N) is 1. The first-order valence-electron chi connectivity index (χ1n) is 3.84. The van der Waals surface area contributed by atoms with Gasteiger partial charge in [0.05, 0.1) is 16.5 Å². The molecule has 6 nitrogen and oxygen atoms in total. The third-order valence-corrected chi connectivity index (χ3v) is 2.03. The van der Waals surface area contributed by atoms with E-state index in [1.54, 1.807) is 0 Å². The van der Waals surface area contributed by atoms with Crippen molar-refractivity contribution in [1.29, 1.82) is 0 Å². The van der Waals surface area contributed by atoms with Crippen LogP contribution in [0, 0.1) is 10.1 Å². The monoisotopic (exact) mass is 230 g/mol. The number of anilines is 1. The number of nitrogens with zero attached hydrogens (tertiary/aromatic N) is 1. The van der Waals surface area contributed by atoms with Gasteiger partial charge in [-0.2, -0.15) is 0 Å². The fourth-order valence-corrected chi connectivity index (χ4v) is 1.22. The molecule has 7 heteroatoms. The predicted octanol–water partition coefficient (Wildman–Crippen LogP) is 1.30. The summed E-state index contributed by atoms with van der Waals surface area (Å²) < 4.78 is 0. The Morgan fingerprint density at radius 1 is 1.60 bits per heavy atom. The Morgan fingerprint density at radius 3 is 2.67 bits per heavy atom. The molecule has 1 rings (SSSR count). The highest BCUT2D eigenvalue weighted by atomic mass is 35.5. The largest absolute Gasteiger partial charge is 0.505 e. The molecule has 0 aliphatic rings. The summed E-state index contributed by atoms with van der Waals surface area (Å²) >= 11 is 5.26. The van der Waals surface area contributed by atoms with E-state index in [2.05, 4.69) is 0 Å². The topological polar surface area (TPSA) is 106 Å². The molecule has 15 heavy (non-hydrogen) atoms. The van der Waals surface area contributed by atoms with Crippen molar-refractivity contribution in [3.8, 4) is 5.75 Å². The summed E-state index contributed by atoms with van der Waals surface area (Å²) in [5, 5.41) is 20.0. The number of hydrogen-bond acceptors (Lipinski definition) is 5. The minimum absolute atomic E-state index is 0.103. The summed E-state index contributed by atoms with van der Waals surface area (Å²) in [4.78, 5) is 21.0. The van der Waals surface area contributed by atoms with Crippen LogP contribution in [-0.2, 0) is 0 Å². The Balaban J connectivity index is 3.48. The number of Topliss-reactive ketones (excluding diaryl/α,β-unsaturated/α-hetero) is 1. The lowest BCUT2D eigenvalue weighted by Crippen LogP contribution is -2.06. The molecule has 0 amide bonds. The van der Waals surface area contributed by atoms with Gasteiger partial charge in [0.2, 0.25) is 0 Å². The van der Waals surface area contributed by atoms with Crippen LogP contribution in [0.2, 0.25) is 0 Å². The van der Waals surface area contributed by atoms with E-state index in [0.29, 0.717) is 0 Å². The van der Waals surface area contributed by atoms with Crippen molar-refractivity contribution in [2.75, 3.05) is 11.6 Å². The maximum atomic E-state index is 11.3. The van der Waals surface area contributed by atoms with E-state index in [-0.39, 0.29) is 5.69 Å². The van der Waals surface area contributed by atoms with Crippen molar-refractivity contribution in [2.24, 2.45) is 0 Å². The van der Waals surface area contributed by atoms with Gasteiger partial charge in [-0.05, 0) is 6.07 Å². The van der Waals surface area contributed by atoms with E-state index in [1.807, 2.05) is 0 Å². The van der Waals surface area contributed by atoms with Crippen molar-refractivity contribution in [3.05, 3.63) is 27.8 Å². The molecule has 80 valence electrons. The molecular weight excluding hydrogens is 224 g/mol. The van der Waals surface area contributed by atoms with Gasteiger partial charge < -0.3 is 10.8 Å². The van der Waals surface area contributed by atoms with E-state index < -0.39 is 33.6 Å². The zero-order valence-electron chi connectivity index (χ0n) is 7.44. The lowest BCUT2D eigenvalue weighted by atomic mass is 10.1. The lowest BCUT2D eigenvalue weighted by molar-refractivity contribution is -0.385. The van der Waals surface area contributed by atoms with Gasteiger partial charge in [0.15, 0.2) is 11.5 Å². The van der Waals surface area contributed by atoms with Gasteiger partial charge in [-0.1, -0.05) is 0 Å². The Morgan fingerprint density at radius 2 is 2.20 bits per heavy atom. The van der Waals surface area contributed by atoms with Crippen molar-refractivity contribution < 1.29 is 14.8 Å². The SMILES string of the molecule is Nc1ccc([N+](=O)[O-])c(C(=O)CCl)c1O. The van der Waals surface area contributed by atoms with Crippen LogP contribution in [-0.4, -0.2) is 21.7 Å². The number of nitrogen functional groups attached to an aromatic ring is 1. The van der Waals surface area contributed by atoms with Crippen LogP contribution in [0.4, 0.5) is 11.4 Å². The van der Waals surface area contributed by atoms with Gasteiger partial charge in [0, 0.05) is 6.07 Å². The minimum atomic E-state index is -0.779. The second kappa shape index (κ2) is 4.14. The number of aromatic hydroxyl groups is 1. The number of rotatable bonds is 3. The van der Waals surface area contributed by atoms with Crippen LogP contribution in [0.25, 0.3) is 0 Å². The highest BCUT2D eigenvalue weighted by Crippen LogP contribution is 2.33. The Kier molecular flexibility index (Phi) is 3.11. The van der Waals surface area contributed by atoms with E-state index in [4.69, 9.17) is 17.3 Å². The smallest absolute Gasteiger partial charge is 0.284 e. The standard InChI is InChI=1S/C8H7ClN2O4/c9-3-6(12)7-5(11(14)15)2-1-4(10)8(7)13/h1-2,13H,3,10H2. The predicted molar refractivity (Wildman–Crippen MR) is 54.2 cm³/mol. The van der Waals surface area contributed by atoms with Crippen molar-refractivity contribution in [1.82, 2.24) is 0 Å². The maximum Gasteiger partial charge on any atom is 0.284 e. The van der Waals surface area contributed by atoms with E-state index in [9.17, 15) is 20.0 Å². The average molecular weight is 231 g/mol. The van der Waals surface area contributed by atoms with Gasteiger partial charge in [-0.15, -0.1) is 11.6 Å². The second-order valence-electron chi connectivity index (χ2n) is 2.71. The number of carbonyl (C=O) groups is 1. The number of carbonyl (C=O) groups excluding carboxylic acids is 1. The van der Waals surface area contributed by atoms with E-state index >= 15 is 0 Å². The summed E-state index contributed by atoms with van der Waals surface area (Å²) in [6, 6.07) is 2.20. The first-order chi connectivity index (χ1) is 6.99. The molecule has 0 aliphatic carbocycles. The molecular formula is C8H7ClN2O4. The van der Waals surface area contributed by atoms with Crippen LogP contribution >= 0.6 is 11.6 Å². The first kappa shape index (κ1) is 11.3. The summed E-state index contributed by atoms with van der Waals surface area (Å²) in [6.07, 6.45) is 0. The van der Waals surface area contributed by atoms with Crippen molar-refractivity contribution in [2.45, 2.75) is 0 Å². The lowest BCUT2D eigenvalue weighted by Gasteiger charge is -2.05. The number of alkyl halides is 1. The number of phenolic OH excluding ortho intramolecular Hbond substituents is 1. The molecule has 1 aromatic rings. The van der Waals surface area contributed by atoms with Gasteiger partial charge in [0.25, 0.3) is 5.69 Å². The fourth-order valence-electron chi connectivity index (χ4n) is 1.09. The number of hydrogen-bond donors (Lipinski definition) is 2. The zero-order chi connectivity index (χ0) is 11.6. The molecule has 0 unspecified atom stereocenters. The molecule has 1 aromatic carbocycles. The molecule has 0 heterocycles. The maximum absolute atomic E-state index is 11.3. The highest BCUT2D eigenvalue weighted by molar-refractivity contribution is 6.31. The zero-order valence-corrected chi connectivity index (χ0v) is 8.19. The summed E-state index contributed by atoms with van der Waals surface area (Å²) in [5.41, 5.74) is 4.26. The molecule has 0 fully saturated rings. The van der Waals surface area contributed by atoms with Gasteiger partial charge in [-0.25, -0.2) is 0 Å². The summed E-state index contributed by atoms with van der Waals surface area (Å²) in [5.74, 6) is -1.80. The Bertz CT molecular complexity index is 433. The van der Waals surface area contributed by atoms with Crippen molar-refractivity contribution >= 4 is 28.8 Å². The molecule has 0 saturated heterocycles. The second-order valence-corrected chi connectivity index (χ2v) is 2.98. The van der Waals surface area contributed by atoms with Crippen LogP contribution in [0.15, 0.2) is 12.1 Å². The number of nitro groups is 1. The molecule has 0 aromatic heterocycles. The highest BCUT2D eigenvalue weighted by Gasteiger charge is 2.24. The third kappa shape index (κ3) is 1.99. The fraction of sp³-hybridized carbons (Fsp3) is 0.125. The molecule has 0 radical (unpaired) electrons. The number of halogens is 1. The Labute approximate surface area is 89.4 Å². The van der Waals surface area contributed by atoms with Crippen LogP contribution in [0.3, 0.4) is 0 Å². The van der Waals surface area contributed by atoms with Crippen molar-refractivity contribution in [3.63, 3.8) is 0 Å². The van der Waals surface area contributed by atoms with Gasteiger partial charge >= 0.3 is 0 Å². The minimum Gasteiger partial charge on any atom is -0.505 e. The third-order valence-electron chi connectivity index (χ3n) is 1.78. The van der Waals surface area contributed by atoms with E-state index in [0.717, 1.165) is 12.1 Å².